The highest BCUT2D eigenvalue weighted by Gasteiger charge is 2.32. The normalized spacial score (nSPS) is 23.2. The summed E-state index contributed by atoms with van der Waals surface area (Å²) in [6.07, 6.45) is 2.77. The van der Waals surface area contributed by atoms with Crippen LogP contribution in [0.15, 0.2) is 18.3 Å². The van der Waals surface area contributed by atoms with Crippen LogP contribution in [0.3, 0.4) is 0 Å². The van der Waals surface area contributed by atoms with Gasteiger partial charge in [0.05, 0.1) is 10.4 Å². The van der Waals surface area contributed by atoms with Crippen molar-refractivity contribution in [3.8, 4) is 0 Å². The Morgan fingerprint density at radius 3 is 2.95 bits per heavy atom. The van der Waals surface area contributed by atoms with Gasteiger partial charge in [0.15, 0.2) is 0 Å². The van der Waals surface area contributed by atoms with Crippen LogP contribution in [-0.2, 0) is 0 Å². The summed E-state index contributed by atoms with van der Waals surface area (Å²) >= 11 is 1.44. The van der Waals surface area contributed by atoms with E-state index in [1.807, 2.05) is 17.0 Å². The van der Waals surface area contributed by atoms with Gasteiger partial charge in [-0.25, -0.2) is 0 Å². The summed E-state index contributed by atoms with van der Waals surface area (Å²) in [7, 11) is 0. The molecule has 3 rings (SSSR count). The smallest absolute Gasteiger partial charge is 0.266 e. The number of anilines is 1. The number of pyridine rings is 1. The first-order valence-corrected chi connectivity index (χ1v) is 7.33. The molecule has 1 fully saturated rings. The Morgan fingerprint density at radius 2 is 2.32 bits per heavy atom. The van der Waals surface area contributed by atoms with Crippen LogP contribution in [0, 0.1) is 5.92 Å². The predicted octanol–water partition coefficient (Wildman–Crippen LogP) is 2.75. The summed E-state index contributed by atoms with van der Waals surface area (Å²) in [4.78, 5) is 19.5. The minimum Gasteiger partial charge on any atom is -0.396 e. The Bertz CT molecular complexity index is 637. The first-order chi connectivity index (χ1) is 9.08. The monoisotopic (exact) mass is 275 g/mol. The first kappa shape index (κ1) is 12.4. The number of carbonyl (C=O) groups excluding carboxylic acids is 1. The molecule has 2 atom stereocenters. The van der Waals surface area contributed by atoms with Crippen LogP contribution in [0.1, 0.15) is 29.9 Å². The molecule has 0 aliphatic carbocycles. The molecule has 2 aromatic heterocycles. The number of nitrogens with two attached hydrogens (primary N) is 1. The molecule has 2 unspecified atom stereocenters. The molecule has 5 heteroatoms. The Balaban J connectivity index is 2.00. The fraction of sp³-hybridized carbons (Fsp3) is 0.429. The third-order valence-electron chi connectivity index (χ3n) is 3.72. The van der Waals surface area contributed by atoms with E-state index in [1.54, 1.807) is 6.20 Å². The number of nitrogens with zero attached hydrogens (tertiary/aromatic N) is 2. The fourth-order valence-corrected chi connectivity index (χ4v) is 3.86. The number of thiophene rings is 1. The maximum absolute atomic E-state index is 12.6. The van der Waals surface area contributed by atoms with Crippen LogP contribution in [0.4, 0.5) is 5.69 Å². The van der Waals surface area contributed by atoms with E-state index in [4.69, 9.17) is 5.73 Å². The standard InChI is InChI=1S/C14H17N3OS/c1-8-6-9(2)17(7-8)14(18)13-11(15)12-10(19-13)4-3-5-16-12/h3-5,8-9H,6-7,15H2,1-2H3. The number of hydrogen-bond donors (Lipinski definition) is 1. The van der Waals surface area contributed by atoms with Crippen LogP contribution in [0.5, 0.6) is 0 Å². The van der Waals surface area contributed by atoms with Crippen LogP contribution in [0.2, 0.25) is 0 Å². The SMILES string of the molecule is CC1CC(C)N(C(=O)c2sc3cccnc3c2N)C1. The van der Waals surface area contributed by atoms with Gasteiger partial charge < -0.3 is 10.6 Å². The molecule has 1 amide bonds. The Kier molecular flexibility index (Phi) is 2.93. The number of carbonyl (C=O) groups is 1. The van der Waals surface area contributed by atoms with Crippen molar-refractivity contribution in [2.24, 2.45) is 5.92 Å². The van der Waals surface area contributed by atoms with Crippen molar-refractivity contribution in [1.82, 2.24) is 9.88 Å². The number of amides is 1. The van der Waals surface area contributed by atoms with Gasteiger partial charge in [-0.1, -0.05) is 6.92 Å². The number of aromatic nitrogens is 1. The van der Waals surface area contributed by atoms with Gasteiger partial charge in [-0.2, -0.15) is 0 Å². The number of nitrogen functional groups attached to an aromatic ring is 1. The van der Waals surface area contributed by atoms with Crippen molar-refractivity contribution < 1.29 is 4.79 Å². The predicted molar refractivity (Wildman–Crippen MR) is 78.3 cm³/mol. The summed E-state index contributed by atoms with van der Waals surface area (Å²) in [6.45, 7) is 5.10. The van der Waals surface area contributed by atoms with Crippen LogP contribution >= 0.6 is 11.3 Å². The zero-order valence-electron chi connectivity index (χ0n) is 11.1. The summed E-state index contributed by atoms with van der Waals surface area (Å²) in [5.74, 6) is 0.616. The second kappa shape index (κ2) is 4.49. The molecule has 1 aliphatic heterocycles. The molecule has 2 aromatic rings. The van der Waals surface area contributed by atoms with Gasteiger partial charge >= 0.3 is 0 Å². The van der Waals surface area contributed by atoms with Gasteiger partial charge in [0.25, 0.3) is 5.91 Å². The van der Waals surface area contributed by atoms with Crippen molar-refractivity contribution >= 4 is 33.1 Å². The summed E-state index contributed by atoms with van der Waals surface area (Å²) in [5.41, 5.74) is 7.36. The van der Waals surface area contributed by atoms with E-state index in [-0.39, 0.29) is 5.91 Å². The molecular formula is C14H17N3OS. The second-order valence-corrected chi connectivity index (χ2v) is 6.39. The minimum absolute atomic E-state index is 0.0531. The van der Waals surface area contributed by atoms with Crippen molar-refractivity contribution in [1.29, 1.82) is 0 Å². The van der Waals surface area contributed by atoms with E-state index in [9.17, 15) is 4.79 Å². The van der Waals surface area contributed by atoms with E-state index in [0.29, 0.717) is 22.5 Å². The number of hydrogen-bond acceptors (Lipinski definition) is 4. The molecule has 0 aromatic carbocycles. The number of rotatable bonds is 1. The highest BCUT2D eigenvalue weighted by Crippen LogP contribution is 2.34. The zero-order chi connectivity index (χ0) is 13.6. The van der Waals surface area contributed by atoms with E-state index in [2.05, 4.69) is 18.8 Å². The first-order valence-electron chi connectivity index (χ1n) is 6.52. The maximum atomic E-state index is 12.6. The molecule has 0 bridgehead atoms. The highest BCUT2D eigenvalue weighted by molar-refractivity contribution is 7.21. The molecule has 3 heterocycles. The zero-order valence-corrected chi connectivity index (χ0v) is 11.9. The largest absolute Gasteiger partial charge is 0.396 e. The Hall–Kier alpha value is -1.62. The third-order valence-corrected chi connectivity index (χ3v) is 4.87. The maximum Gasteiger partial charge on any atom is 0.266 e. The molecule has 2 N–H and O–H groups in total. The lowest BCUT2D eigenvalue weighted by Gasteiger charge is -2.20. The molecule has 1 saturated heterocycles. The molecule has 0 spiro atoms. The van der Waals surface area contributed by atoms with E-state index in [0.717, 1.165) is 23.2 Å². The van der Waals surface area contributed by atoms with Crippen LogP contribution in [0.25, 0.3) is 10.2 Å². The molecule has 4 nitrogen and oxygen atoms in total. The summed E-state index contributed by atoms with van der Waals surface area (Å²) in [5, 5.41) is 0. The van der Waals surface area contributed by atoms with Gasteiger partial charge in [0.2, 0.25) is 0 Å². The lowest BCUT2D eigenvalue weighted by atomic mass is 10.1. The number of likely N-dealkylation sites (tertiary alicyclic amines) is 1. The Labute approximate surface area is 116 Å². The van der Waals surface area contributed by atoms with Crippen molar-refractivity contribution in [3.63, 3.8) is 0 Å². The summed E-state index contributed by atoms with van der Waals surface area (Å²) in [6, 6.07) is 4.11. The van der Waals surface area contributed by atoms with E-state index in [1.165, 1.54) is 11.3 Å². The van der Waals surface area contributed by atoms with Crippen LogP contribution < -0.4 is 5.73 Å². The van der Waals surface area contributed by atoms with Gasteiger partial charge in [-0.3, -0.25) is 9.78 Å². The fourth-order valence-electron chi connectivity index (χ4n) is 2.82. The molecule has 19 heavy (non-hydrogen) atoms. The average molecular weight is 275 g/mol. The average Bonchev–Trinajstić information content (AvgIpc) is 2.90. The van der Waals surface area contributed by atoms with E-state index >= 15 is 0 Å². The molecule has 0 radical (unpaired) electrons. The number of fused-ring (bicyclic) bond motifs is 1. The summed E-state index contributed by atoms with van der Waals surface area (Å²) < 4.78 is 0.975. The lowest BCUT2D eigenvalue weighted by Crippen LogP contribution is -2.33. The van der Waals surface area contributed by atoms with Gasteiger partial charge in [-0.15, -0.1) is 11.3 Å². The van der Waals surface area contributed by atoms with Crippen molar-refractivity contribution in [2.45, 2.75) is 26.3 Å². The molecule has 0 saturated carbocycles. The Morgan fingerprint density at radius 1 is 1.53 bits per heavy atom. The second-order valence-electron chi connectivity index (χ2n) is 5.34. The molecular weight excluding hydrogens is 258 g/mol. The quantitative estimate of drug-likeness (QED) is 0.870. The van der Waals surface area contributed by atoms with Gasteiger partial charge in [-0.05, 0) is 31.4 Å². The van der Waals surface area contributed by atoms with Crippen molar-refractivity contribution in [3.05, 3.63) is 23.2 Å². The topological polar surface area (TPSA) is 59.2 Å². The highest BCUT2D eigenvalue weighted by atomic mass is 32.1. The van der Waals surface area contributed by atoms with Gasteiger partial charge in [0, 0.05) is 18.8 Å². The molecule has 100 valence electrons. The van der Waals surface area contributed by atoms with Crippen molar-refractivity contribution in [2.75, 3.05) is 12.3 Å². The third kappa shape index (κ3) is 1.98. The van der Waals surface area contributed by atoms with E-state index < -0.39 is 0 Å². The van der Waals surface area contributed by atoms with Gasteiger partial charge in [0.1, 0.15) is 10.4 Å². The van der Waals surface area contributed by atoms with Crippen LogP contribution in [-0.4, -0.2) is 28.4 Å². The molecule has 1 aliphatic rings. The minimum atomic E-state index is 0.0531. The lowest BCUT2D eigenvalue weighted by molar-refractivity contribution is 0.0749.